The van der Waals surface area contributed by atoms with E-state index in [1.54, 1.807) is 0 Å². The quantitative estimate of drug-likeness (QED) is 0.732. The van der Waals surface area contributed by atoms with E-state index < -0.39 is 0 Å². The average Bonchev–Trinajstić information content (AvgIpc) is 3.14. The highest BCUT2D eigenvalue weighted by Gasteiger charge is 2.28. The van der Waals surface area contributed by atoms with Gasteiger partial charge >= 0.3 is 0 Å². The summed E-state index contributed by atoms with van der Waals surface area (Å²) >= 11 is 0. The molecule has 0 bridgehead atoms. The molecular formula is C21H21N3O2. The summed E-state index contributed by atoms with van der Waals surface area (Å²) in [6.07, 6.45) is 2.25. The fourth-order valence-corrected chi connectivity index (χ4v) is 3.80. The van der Waals surface area contributed by atoms with Crippen LogP contribution in [-0.4, -0.2) is 33.4 Å². The van der Waals surface area contributed by atoms with Crippen LogP contribution < -0.4 is 5.56 Å². The van der Waals surface area contributed by atoms with Gasteiger partial charge in [-0.2, -0.15) is 0 Å². The molecule has 0 radical (unpaired) electrons. The maximum atomic E-state index is 12.8. The first-order valence-corrected chi connectivity index (χ1v) is 8.91. The third-order valence-electron chi connectivity index (χ3n) is 5.22. The van der Waals surface area contributed by atoms with Gasteiger partial charge in [-0.15, -0.1) is 0 Å². The highest BCUT2D eigenvalue weighted by atomic mass is 16.2. The second kappa shape index (κ2) is 6.75. The molecular weight excluding hydrogens is 326 g/mol. The third-order valence-corrected chi connectivity index (χ3v) is 5.22. The van der Waals surface area contributed by atoms with E-state index in [0.717, 1.165) is 18.5 Å². The molecule has 4 rings (SSSR count). The molecule has 1 aliphatic heterocycles. The number of carbonyl (C=O) groups excluding carboxylic acids is 1. The van der Waals surface area contributed by atoms with Crippen LogP contribution in [0.4, 0.5) is 0 Å². The number of rotatable bonds is 3. The number of fused-ring (bicyclic) bond motifs is 1. The van der Waals surface area contributed by atoms with Gasteiger partial charge in [0.25, 0.3) is 5.56 Å². The molecule has 1 atom stereocenters. The van der Waals surface area contributed by atoms with Gasteiger partial charge in [0, 0.05) is 19.0 Å². The molecule has 2 heterocycles. The van der Waals surface area contributed by atoms with E-state index in [-0.39, 0.29) is 18.0 Å². The zero-order valence-electron chi connectivity index (χ0n) is 14.8. The molecule has 0 spiro atoms. The van der Waals surface area contributed by atoms with E-state index in [1.807, 2.05) is 35.2 Å². The van der Waals surface area contributed by atoms with Gasteiger partial charge in [-0.3, -0.25) is 14.2 Å². The number of para-hydroxylation sites is 2. The largest absolute Gasteiger partial charge is 0.341 e. The Morgan fingerprint density at radius 1 is 1.15 bits per heavy atom. The maximum absolute atomic E-state index is 12.8. The Balaban J connectivity index is 1.54. The van der Waals surface area contributed by atoms with Gasteiger partial charge in [0.2, 0.25) is 5.91 Å². The summed E-state index contributed by atoms with van der Waals surface area (Å²) in [4.78, 5) is 31.1. The molecule has 1 fully saturated rings. The lowest BCUT2D eigenvalue weighted by molar-refractivity contribution is -0.130. The van der Waals surface area contributed by atoms with Gasteiger partial charge in [-0.1, -0.05) is 36.4 Å². The molecule has 5 nitrogen and oxygen atoms in total. The zero-order valence-corrected chi connectivity index (χ0v) is 14.8. The van der Waals surface area contributed by atoms with Crippen LogP contribution in [0.2, 0.25) is 0 Å². The van der Waals surface area contributed by atoms with Crippen LogP contribution in [0.3, 0.4) is 0 Å². The predicted molar refractivity (Wildman–Crippen MR) is 101 cm³/mol. The lowest BCUT2D eigenvalue weighted by Gasteiger charge is -2.19. The zero-order chi connectivity index (χ0) is 18.1. The molecule has 1 saturated heterocycles. The molecule has 0 saturated carbocycles. The topological polar surface area (TPSA) is 55.2 Å². The van der Waals surface area contributed by atoms with E-state index in [0.29, 0.717) is 18.0 Å². The van der Waals surface area contributed by atoms with Crippen molar-refractivity contribution in [3.05, 3.63) is 76.2 Å². The smallest absolute Gasteiger partial charge is 0.269 e. The minimum absolute atomic E-state index is 0.0143. The second-order valence-electron chi connectivity index (χ2n) is 6.85. The van der Waals surface area contributed by atoms with Crippen LogP contribution in [0.1, 0.15) is 23.5 Å². The van der Waals surface area contributed by atoms with Crippen molar-refractivity contribution in [2.24, 2.45) is 0 Å². The molecule has 0 N–H and O–H groups in total. The van der Waals surface area contributed by atoms with Crippen molar-refractivity contribution < 1.29 is 4.79 Å². The molecule has 1 aromatic heterocycles. The number of benzene rings is 2. The van der Waals surface area contributed by atoms with Crippen molar-refractivity contribution in [1.82, 2.24) is 14.5 Å². The Labute approximate surface area is 151 Å². The number of nitrogens with zero attached hydrogens (tertiary/aromatic N) is 3. The van der Waals surface area contributed by atoms with Gasteiger partial charge in [-0.05, 0) is 36.6 Å². The second-order valence-corrected chi connectivity index (χ2v) is 6.85. The number of carbonyl (C=O) groups is 1. The molecule has 26 heavy (non-hydrogen) atoms. The monoisotopic (exact) mass is 347 g/mol. The number of aryl methyl sites for hydroxylation is 1. The van der Waals surface area contributed by atoms with E-state index >= 15 is 0 Å². The minimum Gasteiger partial charge on any atom is -0.341 e. The van der Waals surface area contributed by atoms with Gasteiger partial charge in [-0.25, -0.2) is 4.98 Å². The van der Waals surface area contributed by atoms with Gasteiger partial charge in [0.15, 0.2) is 0 Å². The Morgan fingerprint density at radius 2 is 1.92 bits per heavy atom. The minimum atomic E-state index is -0.244. The maximum Gasteiger partial charge on any atom is 0.269 e. The Morgan fingerprint density at radius 3 is 2.77 bits per heavy atom. The summed E-state index contributed by atoms with van der Waals surface area (Å²) < 4.78 is 1.52. The SMILES string of the molecule is Cc1ccccc1[C@H]1CCN(C(=O)Cn2c(=O)cnc3ccccc32)C1. The van der Waals surface area contributed by atoms with Crippen LogP contribution in [0.15, 0.2) is 59.5 Å². The molecule has 132 valence electrons. The number of amides is 1. The van der Waals surface area contributed by atoms with Gasteiger partial charge < -0.3 is 4.90 Å². The normalized spacial score (nSPS) is 17.0. The lowest BCUT2D eigenvalue weighted by Crippen LogP contribution is -2.35. The first-order valence-electron chi connectivity index (χ1n) is 8.91. The molecule has 0 unspecified atom stereocenters. The number of aromatic nitrogens is 2. The van der Waals surface area contributed by atoms with E-state index in [4.69, 9.17) is 0 Å². The van der Waals surface area contributed by atoms with E-state index in [1.165, 1.54) is 21.9 Å². The van der Waals surface area contributed by atoms with E-state index in [2.05, 4.69) is 30.1 Å². The van der Waals surface area contributed by atoms with Crippen LogP contribution in [0.5, 0.6) is 0 Å². The summed E-state index contributed by atoms with van der Waals surface area (Å²) in [6, 6.07) is 15.8. The van der Waals surface area contributed by atoms with Crippen molar-refractivity contribution in [3.63, 3.8) is 0 Å². The molecule has 1 aliphatic rings. The van der Waals surface area contributed by atoms with Crippen LogP contribution in [0, 0.1) is 6.92 Å². The summed E-state index contributed by atoms with van der Waals surface area (Å²) in [7, 11) is 0. The summed E-state index contributed by atoms with van der Waals surface area (Å²) in [6.45, 7) is 3.61. The van der Waals surface area contributed by atoms with Gasteiger partial charge in [0.05, 0.1) is 17.2 Å². The Kier molecular flexibility index (Phi) is 4.29. The number of hydrogen-bond acceptors (Lipinski definition) is 3. The molecule has 2 aromatic carbocycles. The molecule has 3 aromatic rings. The lowest BCUT2D eigenvalue weighted by atomic mass is 9.94. The standard InChI is InChI=1S/C21H21N3O2/c1-15-6-2-3-7-17(15)16-10-11-23(13-16)21(26)14-24-19-9-5-4-8-18(19)22-12-20(24)25/h2-9,12,16H,10-11,13-14H2,1H3/t16-/m0/s1. The number of likely N-dealkylation sites (tertiary alicyclic amines) is 1. The van der Waals surface area contributed by atoms with Crippen molar-refractivity contribution in [1.29, 1.82) is 0 Å². The van der Waals surface area contributed by atoms with Crippen molar-refractivity contribution >= 4 is 16.9 Å². The van der Waals surface area contributed by atoms with Gasteiger partial charge in [0.1, 0.15) is 6.54 Å². The summed E-state index contributed by atoms with van der Waals surface area (Å²) in [5.74, 6) is 0.352. The Hall–Kier alpha value is -2.95. The highest BCUT2D eigenvalue weighted by Crippen LogP contribution is 2.29. The predicted octanol–water partition coefficient (Wildman–Crippen LogP) is 2.72. The van der Waals surface area contributed by atoms with Crippen LogP contribution in [0.25, 0.3) is 11.0 Å². The average molecular weight is 347 g/mol. The molecule has 1 amide bonds. The number of hydrogen-bond donors (Lipinski definition) is 0. The first kappa shape index (κ1) is 16.5. The van der Waals surface area contributed by atoms with Crippen LogP contribution in [-0.2, 0) is 11.3 Å². The fraction of sp³-hybridized carbons (Fsp3) is 0.286. The summed E-state index contributed by atoms with van der Waals surface area (Å²) in [5, 5.41) is 0. The van der Waals surface area contributed by atoms with Crippen molar-refractivity contribution in [2.75, 3.05) is 13.1 Å². The van der Waals surface area contributed by atoms with Crippen molar-refractivity contribution in [2.45, 2.75) is 25.8 Å². The molecule has 0 aliphatic carbocycles. The fourth-order valence-electron chi connectivity index (χ4n) is 3.80. The highest BCUT2D eigenvalue weighted by molar-refractivity contribution is 5.80. The van der Waals surface area contributed by atoms with Crippen LogP contribution >= 0.6 is 0 Å². The first-order chi connectivity index (χ1) is 12.6. The molecule has 5 heteroatoms. The Bertz CT molecular complexity index is 1020. The summed E-state index contributed by atoms with van der Waals surface area (Å²) in [5.41, 5.74) is 3.76. The van der Waals surface area contributed by atoms with Crippen molar-refractivity contribution in [3.8, 4) is 0 Å². The van der Waals surface area contributed by atoms with E-state index in [9.17, 15) is 9.59 Å². The third kappa shape index (κ3) is 3.01.